The summed E-state index contributed by atoms with van der Waals surface area (Å²) < 4.78 is 0. The zero-order chi connectivity index (χ0) is 29.1. The molecule has 4 aliphatic rings. The monoisotopic (exact) mass is 561 g/mol. The second-order valence-corrected chi connectivity index (χ2v) is 15.5. The van der Waals surface area contributed by atoms with Gasteiger partial charge >= 0.3 is 0 Å². The van der Waals surface area contributed by atoms with Crippen LogP contribution in [-0.4, -0.2) is 67.3 Å². The number of hydrogen-bond donors (Lipinski definition) is 4. The van der Waals surface area contributed by atoms with Gasteiger partial charge in [0.15, 0.2) is 0 Å². The van der Waals surface area contributed by atoms with Crippen LogP contribution < -0.4 is 16.4 Å². The van der Waals surface area contributed by atoms with Gasteiger partial charge in [0, 0.05) is 18.5 Å². The van der Waals surface area contributed by atoms with Crippen LogP contribution in [-0.2, 0) is 4.79 Å². The zero-order valence-electron chi connectivity index (χ0n) is 26.9. The third-order valence-corrected chi connectivity index (χ3v) is 12.6. The molecule has 0 aromatic heterocycles. The third-order valence-electron chi connectivity index (χ3n) is 12.6. The molecule has 4 fully saturated rings. The molecule has 0 spiro atoms. The van der Waals surface area contributed by atoms with E-state index in [4.69, 9.17) is 5.73 Å². The highest BCUT2D eigenvalue weighted by Gasteiger charge is 2.62. The fourth-order valence-corrected chi connectivity index (χ4v) is 10.5. The minimum atomic E-state index is -0.145. The summed E-state index contributed by atoms with van der Waals surface area (Å²) in [5.41, 5.74) is 6.35. The Labute approximate surface area is 246 Å². The van der Waals surface area contributed by atoms with Gasteiger partial charge in [0.05, 0.1) is 6.10 Å². The minimum absolute atomic E-state index is 0.145. The highest BCUT2D eigenvalue weighted by atomic mass is 16.3. The van der Waals surface area contributed by atoms with Crippen LogP contribution in [0.3, 0.4) is 0 Å². The fraction of sp³-hybridized carbons (Fsp3) is 0.971. The van der Waals surface area contributed by atoms with Crippen molar-refractivity contribution in [1.82, 2.24) is 15.5 Å². The number of rotatable bonds is 13. The molecule has 6 nitrogen and oxygen atoms in total. The van der Waals surface area contributed by atoms with Gasteiger partial charge in [-0.25, -0.2) is 0 Å². The Bertz CT molecular complexity index is 822. The highest BCUT2D eigenvalue weighted by molar-refractivity contribution is 5.76. The van der Waals surface area contributed by atoms with Gasteiger partial charge in [-0.1, -0.05) is 20.8 Å². The molecule has 4 saturated carbocycles. The molecule has 10 atom stereocenters. The molecule has 0 radical (unpaired) electrons. The van der Waals surface area contributed by atoms with Gasteiger partial charge < -0.3 is 26.4 Å². The number of amides is 1. The van der Waals surface area contributed by atoms with E-state index in [2.05, 4.69) is 43.4 Å². The van der Waals surface area contributed by atoms with Gasteiger partial charge in [0.2, 0.25) is 5.91 Å². The van der Waals surface area contributed by atoms with E-state index in [0.717, 1.165) is 45.4 Å². The van der Waals surface area contributed by atoms with E-state index in [9.17, 15) is 9.90 Å². The predicted octanol–water partition coefficient (Wildman–Crippen LogP) is 5.19. The normalized spacial score (nSPS) is 40.0. The maximum absolute atomic E-state index is 12.3. The Morgan fingerprint density at radius 2 is 1.70 bits per heavy atom. The first-order valence-corrected chi connectivity index (χ1v) is 17.1. The fourth-order valence-electron chi connectivity index (χ4n) is 10.5. The van der Waals surface area contributed by atoms with Crippen molar-refractivity contribution in [2.24, 2.45) is 52.1 Å². The smallest absolute Gasteiger partial charge is 0.220 e. The summed E-state index contributed by atoms with van der Waals surface area (Å²) >= 11 is 0. The first-order valence-electron chi connectivity index (χ1n) is 17.1. The first kappa shape index (κ1) is 32.2. The minimum Gasteiger partial charge on any atom is -0.393 e. The van der Waals surface area contributed by atoms with Gasteiger partial charge in [0.1, 0.15) is 0 Å². The molecule has 5 N–H and O–H groups in total. The maximum atomic E-state index is 12.3. The second kappa shape index (κ2) is 13.7. The second-order valence-electron chi connectivity index (χ2n) is 15.5. The highest BCUT2D eigenvalue weighted by Crippen LogP contribution is 2.68. The summed E-state index contributed by atoms with van der Waals surface area (Å²) in [6.45, 7) is 15.7. The van der Waals surface area contributed by atoms with Crippen LogP contribution in [0.15, 0.2) is 0 Å². The number of aliphatic hydroxyl groups excluding tert-OH is 1. The molecule has 0 aromatic carbocycles. The Kier molecular flexibility index (Phi) is 11.1. The summed E-state index contributed by atoms with van der Waals surface area (Å²) in [5.74, 6) is 3.86. The van der Waals surface area contributed by atoms with E-state index >= 15 is 0 Å². The quantitative estimate of drug-likeness (QED) is 0.233. The molecule has 5 unspecified atom stereocenters. The van der Waals surface area contributed by atoms with E-state index in [1.165, 1.54) is 51.4 Å². The predicted molar refractivity (Wildman–Crippen MR) is 166 cm³/mol. The summed E-state index contributed by atoms with van der Waals surface area (Å²) in [4.78, 5) is 14.7. The number of fused-ring (bicyclic) bond motifs is 5. The lowest BCUT2D eigenvalue weighted by atomic mass is 9.43. The Balaban J connectivity index is 1.32. The standard InChI is InChI=1S/C34H64N4O2/c1-23(2)37-31(40)12-9-24(3)27-10-11-28-32-29(14-16-34(27,28)5)33(4)15-13-26(21-25(33)22-30(32)39)36-18-8-20-38(6)19-7-17-35/h23-30,32,36,39H,7-22,35H2,1-6H3,(H,37,40)/t24-,25?,26+,27?,28?,29?,30+,32?,33+,34-/m1/s1. The van der Waals surface area contributed by atoms with Gasteiger partial charge in [-0.05, 0) is 164 Å². The number of aliphatic hydroxyl groups is 1. The SMILES string of the molecule is CC(C)NC(=O)CC[C@@H](C)C1CCC2C3C(CC[C@@]21C)[C@@]1(C)CC[C@H](NCCCN(C)CCCN)CC1C[C@@H]3O. The van der Waals surface area contributed by atoms with Crippen molar-refractivity contribution >= 4 is 5.91 Å². The number of hydrogen-bond acceptors (Lipinski definition) is 5. The summed E-state index contributed by atoms with van der Waals surface area (Å²) in [6.07, 6.45) is 13.7. The van der Waals surface area contributed by atoms with Gasteiger partial charge in [0.25, 0.3) is 0 Å². The Hall–Kier alpha value is -0.690. The van der Waals surface area contributed by atoms with Crippen molar-refractivity contribution in [1.29, 1.82) is 0 Å². The van der Waals surface area contributed by atoms with E-state index in [-0.39, 0.29) is 18.1 Å². The number of nitrogens with one attached hydrogen (secondary N) is 2. The van der Waals surface area contributed by atoms with E-state index in [1.54, 1.807) is 0 Å². The zero-order valence-corrected chi connectivity index (χ0v) is 26.9. The van der Waals surface area contributed by atoms with Crippen LogP contribution in [0.1, 0.15) is 112 Å². The molecular formula is C34H64N4O2. The van der Waals surface area contributed by atoms with Gasteiger partial charge in [-0.3, -0.25) is 4.79 Å². The van der Waals surface area contributed by atoms with Crippen molar-refractivity contribution < 1.29 is 9.90 Å². The van der Waals surface area contributed by atoms with Crippen molar-refractivity contribution in [3.8, 4) is 0 Å². The first-order chi connectivity index (χ1) is 19.0. The Morgan fingerprint density at radius 1 is 1.00 bits per heavy atom. The van der Waals surface area contributed by atoms with Crippen LogP contribution in [0.5, 0.6) is 0 Å². The molecule has 0 bridgehead atoms. The summed E-state index contributed by atoms with van der Waals surface area (Å²) in [5, 5.41) is 18.7. The average molecular weight is 561 g/mol. The molecule has 6 heteroatoms. The molecule has 1 amide bonds. The number of carbonyl (C=O) groups excluding carboxylic acids is 1. The lowest BCUT2D eigenvalue weighted by Crippen LogP contribution is -2.59. The molecule has 0 heterocycles. The molecule has 232 valence electrons. The molecule has 4 aliphatic carbocycles. The van der Waals surface area contributed by atoms with E-state index < -0.39 is 0 Å². The lowest BCUT2D eigenvalue weighted by Gasteiger charge is -2.62. The molecule has 4 rings (SSSR count). The molecule has 40 heavy (non-hydrogen) atoms. The van der Waals surface area contributed by atoms with E-state index in [1.807, 2.05) is 13.8 Å². The van der Waals surface area contributed by atoms with Crippen LogP contribution in [0, 0.1) is 46.3 Å². The molecular weight excluding hydrogens is 496 g/mol. The van der Waals surface area contributed by atoms with Crippen molar-refractivity contribution in [2.45, 2.75) is 130 Å². The number of nitrogens with zero attached hydrogens (tertiary/aromatic N) is 1. The van der Waals surface area contributed by atoms with Gasteiger partial charge in [-0.2, -0.15) is 0 Å². The summed E-state index contributed by atoms with van der Waals surface area (Å²) in [7, 11) is 2.20. The van der Waals surface area contributed by atoms with Crippen LogP contribution in [0.4, 0.5) is 0 Å². The lowest BCUT2D eigenvalue weighted by molar-refractivity contribution is -0.167. The largest absolute Gasteiger partial charge is 0.393 e. The summed E-state index contributed by atoms with van der Waals surface area (Å²) in [6, 6.07) is 0.823. The van der Waals surface area contributed by atoms with Crippen LogP contribution in [0.25, 0.3) is 0 Å². The maximum Gasteiger partial charge on any atom is 0.220 e. The number of carbonyl (C=O) groups is 1. The van der Waals surface area contributed by atoms with E-state index in [0.29, 0.717) is 58.8 Å². The molecule has 0 saturated heterocycles. The molecule has 0 aliphatic heterocycles. The topological polar surface area (TPSA) is 90.6 Å². The Morgan fingerprint density at radius 3 is 2.42 bits per heavy atom. The van der Waals surface area contributed by atoms with Gasteiger partial charge in [-0.15, -0.1) is 0 Å². The average Bonchev–Trinajstić information content (AvgIpc) is 3.26. The van der Waals surface area contributed by atoms with Crippen LogP contribution in [0.2, 0.25) is 0 Å². The van der Waals surface area contributed by atoms with Crippen molar-refractivity contribution in [3.05, 3.63) is 0 Å². The number of nitrogens with two attached hydrogens (primary N) is 1. The molecule has 0 aromatic rings. The third kappa shape index (κ3) is 6.92. The van der Waals surface area contributed by atoms with Crippen molar-refractivity contribution in [2.75, 3.05) is 33.2 Å². The van der Waals surface area contributed by atoms with Crippen molar-refractivity contribution in [3.63, 3.8) is 0 Å². The van der Waals surface area contributed by atoms with Crippen LogP contribution >= 0.6 is 0 Å².